The molecule has 28 heavy (non-hydrogen) atoms. The van der Waals surface area contributed by atoms with Crippen molar-refractivity contribution in [3.8, 4) is 16.9 Å². The minimum atomic E-state index is -0.496. The summed E-state index contributed by atoms with van der Waals surface area (Å²) in [6, 6.07) is 9.92. The number of anilines is 1. The summed E-state index contributed by atoms with van der Waals surface area (Å²) in [4.78, 5) is 25.3. The number of aryl methyl sites for hydroxylation is 1. The summed E-state index contributed by atoms with van der Waals surface area (Å²) in [6.07, 6.45) is 3.50. The number of nitrogens with two attached hydrogens (primary N) is 1. The monoisotopic (exact) mass is 378 g/mol. The van der Waals surface area contributed by atoms with E-state index in [9.17, 15) is 9.59 Å². The number of hydrogen-bond acceptors (Lipinski definition) is 3. The lowest BCUT2D eigenvalue weighted by atomic mass is 9.76. The molecule has 3 rings (SSSR count). The van der Waals surface area contributed by atoms with Crippen LogP contribution < -0.4 is 15.4 Å². The highest BCUT2D eigenvalue weighted by atomic mass is 16.5. The average molecular weight is 378 g/mol. The molecule has 5 nitrogen and oxygen atoms in total. The Bertz CT molecular complexity index is 990. The largest absolute Gasteiger partial charge is 0.496 e. The molecule has 2 amide bonds. The second-order valence-electron chi connectivity index (χ2n) is 7.89. The zero-order valence-corrected chi connectivity index (χ0v) is 17.0. The molecule has 2 N–H and O–H groups in total. The highest BCUT2D eigenvalue weighted by molar-refractivity contribution is 5.98. The smallest absolute Gasteiger partial charge is 0.241 e. The first-order valence-electron chi connectivity index (χ1n) is 9.21. The Morgan fingerprint density at radius 3 is 2.57 bits per heavy atom. The lowest BCUT2D eigenvalue weighted by molar-refractivity contribution is -0.119. The Morgan fingerprint density at radius 2 is 1.93 bits per heavy atom. The first kappa shape index (κ1) is 19.7. The molecule has 5 heteroatoms. The van der Waals surface area contributed by atoms with E-state index in [4.69, 9.17) is 10.5 Å². The highest BCUT2D eigenvalue weighted by Gasteiger charge is 2.35. The third kappa shape index (κ3) is 3.52. The van der Waals surface area contributed by atoms with Crippen molar-refractivity contribution in [1.29, 1.82) is 0 Å². The molecule has 1 aliphatic rings. The number of primary amides is 1. The van der Waals surface area contributed by atoms with Gasteiger partial charge < -0.3 is 15.4 Å². The Hall–Kier alpha value is -3.08. The number of amides is 2. The number of methoxy groups -OCH3 is 1. The van der Waals surface area contributed by atoms with Crippen LogP contribution in [0.3, 0.4) is 0 Å². The highest BCUT2D eigenvalue weighted by Crippen LogP contribution is 2.44. The fraction of sp³-hybridized carbons (Fsp3) is 0.304. The van der Waals surface area contributed by atoms with Gasteiger partial charge in [-0.2, -0.15) is 0 Å². The number of fused-ring (bicyclic) bond motifs is 1. The Balaban J connectivity index is 2.21. The van der Waals surface area contributed by atoms with Gasteiger partial charge in [0.05, 0.1) is 7.11 Å². The summed E-state index contributed by atoms with van der Waals surface area (Å²) in [5.74, 6) is 0.338. The van der Waals surface area contributed by atoms with Crippen LogP contribution in [0.4, 0.5) is 5.69 Å². The molecule has 1 heterocycles. The van der Waals surface area contributed by atoms with Gasteiger partial charge in [-0.15, -0.1) is 0 Å². The molecule has 0 bridgehead atoms. The molecule has 0 saturated heterocycles. The van der Waals surface area contributed by atoms with Crippen molar-refractivity contribution >= 4 is 23.6 Å². The number of rotatable bonds is 4. The molecule has 0 fully saturated rings. The Morgan fingerprint density at radius 1 is 1.21 bits per heavy atom. The quantitative estimate of drug-likeness (QED) is 0.822. The minimum absolute atomic E-state index is 0.109. The van der Waals surface area contributed by atoms with E-state index in [1.54, 1.807) is 18.1 Å². The Kier molecular flexibility index (Phi) is 5.02. The van der Waals surface area contributed by atoms with E-state index in [0.29, 0.717) is 6.42 Å². The third-order valence-corrected chi connectivity index (χ3v) is 5.35. The van der Waals surface area contributed by atoms with Crippen LogP contribution in [-0.2, 0) is 15.0 Å². The average Bonchev–Trinajstić information content (AvgIpc) is 2.64. The van der Waals surface area contributed by atoms with E-state index >= 15 is 0 Å². The number of carbonyl (C=O) groups excluding carboxylic acids is 2. The molecule has 0 spiro atoms. The molecule has 2 aromatic carbocycles. The van der Waals surface area contributed by atoms with Crippen molar-refractivity contribution in [3.05, 3.63) is 53.1 Å². The van der Waals surface area contributed by atoms with Gasteiger partial charge in [-0.1, -0.05) is 26.0 Å². The van der Waals surface area contributed by atoms with Crippen LogP contribution in [0.15, 0.2) is 36.4 Å². The molecule has 0 aromatic heterocycles. The van der Waals surface area contributed by atoms with Gasteiger partial charge in [0.2, 0.25) is 11.8 Å². The predicted octanol–water partition coefficient (Wildman–Crippen LogP) is 3.81. The summed E-state index contributed by atoms with van der Waals surface area (Å²) in [5, 5.41) is 0. The number of hydrogen-bond donors (Lipinski definition) is 1. The van der Waals surface area contributed by atoms with Crippen molar-refractivity contribution in [2.75, 3.05) is 19.1 Å². The lowest BCUT2D eigenvalue weighted by Gasteiger charge is -2.37. The molecule has 0 radical (unpaired) electrons. The van der Waals surface area contributed by atoms with Gasteiger partial charge in [0.15, 0.2) is 0 Å². The molecule has 0 aliphatic carbocycles. The lowest BCUT2D eigenvalue weighted by Crippen LogP contribution is -2.39. The van der Waals surface area contributed by atoms with Crippen molar-refractivity contribution in [2.24, 2.45) is 5.73 Å². The van der Waals surface area contributed by atoms with Gasteiger partial charge in [-0.3, -0.25) is 9.59 Å². The molecule has 1 aliphatic heterocycles. The van der Waals surface area contributed by atoms with Gasteiger partial charge in [-0.05, 0) is 53.5 Å². The van der Waals surface area contributed by atoms with Crippen LogP contribution in [-0.4, -0.2) is 26.0 Å². The van der Waals surface area contributed by atoms with Gasteiger partial charge in [-0.25, -0.2) is 0 Å². The summed E-state index contributed by atoms with van der Waals surface area (Å²) in [7, 11) is 3.45. The maximum Gasteiger partial charge on any atom is 0.241 e. The molecular weight excluding hydrogens is 352 g/mol. The van der Waals surface area contributed by atoms with Crippen molar-refractivity contribution in [1.82, 2.24) is 0 Å². The summed E-state index contributed by atoms with van der Waals surface area (Å²) >= 11 is 0. The topological polar surface area (TPSA) is 72.6 Å². The van der Waals surface area contributed by atoms with Crippen LogP contribution in [0.25, 0.3) is 17.2 Å². The maximum atomic E-state index is 12.5. The van der Waals surface area contributed by atoms with Gasteiger partial charge in [0.1, 0.15) is 5.75 Å². The van der Waals surface area contributed by atoms with Gasteiger partial charge in [0.25, 0.3) is 0 Å². The molecule has 0 atom stereocenters. The molecule has 146 valence electrons. The van der Waals surface area contributed by atoms with Crippen LogP contribution >= 0.6 is 0 Å². The van der Waals surface area contributed by atoms with Gasteiger partial charge >= 0.3 is 0 Å². The van der Waals surface area contributed by atoms with Crippen molar-refractivity contribution in [2.45, 2.75) is 32.6 Å². The van der Waals surface area contributed by atoms with Crippen LogP contribution in [0.5, 0.6) is 5.75 Å². The zero-order valence-electron chi connectivity index (χ0n) is 17.0. The number of benzene rings is 2. The van der Waals surface area contributed by atoms with Crippen molar-refractivity contribution in [3.63, 3.8) is 0 Å². The van der Waals surface area contributed by atoms with Gasteiger partial charge in [0, 0.05) is 36.2 Å². The molecule has 0 unspecified atom stereocenters. The first-order chi connectivity index (χ1) is 13.1. The van der Waals surface area contributed by atoms with E-state index in [0.717, 1.165) is 33.7 Å². The van der Waals surface area contributed by atoms with E-state index in [1.165, 1.54) is 11.6 Å². The number of nitrogens with zero attached hydrogens (tertiary/aromatic N) is 1. The zero-order chi connectivity index (χ0) is 20.6. The van der Waals surface area contributed by atoms with E-state index in [2.05, 4.69) is 32.9 Å². The van der Waals surface area contributed by atoms with E-state index < -0.39 is 5.91 Å². The fourth-order valence-electron chi connectivity index (χ4n) is 3.75. The van der Waals surface area contributed by atoms with Crippen LogP contribution in [0.1, 0.15) is 37.0 Å². The number of ether oxygens (including phenoxy) is 1. The first-order valence-corrected chi connectivity index (χ1v) is 9.21. The van der Waals surface area contributed by atoms with Crippen LogP contribution in [0.2, 0.25) is 0 Å². The predicted molar refractivity (Wildman–Crippen MR) is 112 cm³/mol. The second-order valence-corrected chi connectivity index (χ2v) is 7.89. The van der Waals surface area contributed by atoms with Crippen LogP contribution in [0, 0.1) is 6.92 Å². The Labute approximate surface area is 165 Å². The maximum absolute atomic E-state index is 12.5. The van der Waals surface area contributed by atoms with E-state index in [1.807, 2.05) is 25.2 Å². The summed E-state index contributed by atoms with van der Waals surface area (Å²) in [6.45, 7) is 6.27. The summed E-state index contributed by atoms with van der Waals surface area (Å²) in [5.41, 5.74) is 10.9. The minimum Gasteiger partial charge on any atom is -0.496 e. The second kappa shape index (κ2) is 7.15. The van der Waals surface area contributed by atoms with Crippen molar-refractivity contribution < 1.29 is 14.3 Å². The normalized spacial score (nSPS) is 15.6. The molecule has 2 aromatic rings. The molecule has 0 saturated carbocycles. The third-order valence-electron chi connectivity index (χ3n) is 5.35. The SMILES string of the molecule is COc1ccc(/C=C/C(N)=O)cc1-c1cc2c(cc1C)C(C)(C)CC(=O)N2C. The standard InChI is InChI=1S/C23H26N2O3/c1-14-10-18-19(25(4)22(27)13-23(18,2)3)12-16(14)17-11-15(7-9-21(24)26)6-8-20(17)28-5/h6-12H,13H2,1-5H3,(H2,24,26)/b9-7+. The fourth-order valence-corrected chi connectivity index (χ4v) is 3.75. The summed E-state index contributed by atoms with van der Waals surface area (Å²) < 4.78 is 5.57. The number of carbonyl (C=O) groups is 2. The molecular formula is C23H26N2O3. The van der Waals surface area contributed by atoms with E-state index in [-0.39, 0.29) is 11.3 Å².